The Morgan fingerprint density at radius 1 is 0.500 bits per heavy atom. The van der Waals surface area contributed by atoms with E-state index in [-0.39, 0.29) is 55.5 Å². The van der Waals surface area contributed by atoms with Gasteiger partial charge in [-0.1, -0.05) is 185 Å². The number of esters is 2. The van der Waals surface area contributed by atoms with Crippen LogP contribution in [0.15, 0.2) is 158 Å². The van der Waals surface area contributed by atoms with E-state index in [2.05, 4.69) is 38.2 Å². The number of ether oxygens (including phenoxy) is 3. The van der Waals surface area contributed by atoms with Gasteiger partial charge in [0.2, 0.25) is 0 Å². The fourth-order valence-electron chi connectivity index (χ4n) is 5.20. The van der Waals surface area contributed by atoms with Gasteiger partial charge in [-0.2, -0.15) is 0 Å². The van der Waals surface area contributed by atoms with E-state index >= 15 is 0 Å². The smallest absolute Gasteiger partial charge is 0.306 e. The Morgan fingerprint density at radius 2 is 0.883 bits per heavy atom. The van der Waals surface area contributed by atoms with Gasteiger partial charge in [0.25, 0.3) is 0 Å². The standard InChI is InChI=1S/C52H75NO7/c1-6-8-10-12-14-16-18-20-22-24-25-27-29-31-33-35-37-39-41-43-51(55)60-48(46-58-45-44-49(52(56)57)53(3,4)5)47-59-50(54)42-40-38-36-34-32-30-28-26-23-21-19-17-15-13-11-9-7-2/h8-33,48-49H,6-7,34-47H2,1-5H3/b10-8+,11-9+,14-12+,15-13+,18-16+,19-17+,22-20+,23-21+,25-24+,28-26+,29-27+,32-30+,33-31+. The van der Waals surface area contributed by atoms with Crippen LogP contribution in [-0.4, -0.2) is 75.5 Å². The third-order valence-electron chi connectivity index (χ3n) is 8.52. The van der Waals surface area contributed by atoms with Gasteiger partial charge in [-0.25, -0.2) is 0 Å². The lowest BCUT2D eigenvalue weighted by atomic mass is 10.1. The van der Waals surface area contributed by atoms with Crippen LogP contribution in [0.3, 0.4) is 0 Å². The van der Waals surface area contributed by atoms with E-state index < -0.39 is 18.1 Å². The number of hydrogen-bond acceptors (Lipinski definition) is 7. The number of likely N-dealkylation sites (N-methyl/N-ethyl adjacent to an activating group) is 1. The molecule has 8 heteroatoms. The molecule has 0 fully saturated rings. The molecule has 0 aromatic rings. The fraction of sp³-hybridized carbons (Fsp3) is 0.442. The molecule has 0 amide bonds. The van der Waals surface area contributed by atoms with Crippen molar-refractivity contribution in [1.29, 1.82) is 0 Å². The van der Waals surface area contributed by atoms with Gasteiger partial charge < -0.3 is 28.6 Å². The largest absolute Gasteiger partial charge is 0.544 e. The maximum absolute atomic E-state index is 12.7. The Balaban J connectivity index is 4.61. The molecule has 0 aromatic carbocycles. The van der Waals surface area contributed by atoms with Gasteiger partial charge in [0.15, 0.2) is 6.10 Å². The molecule has 0 N–H and O–H groups in total. The molecule has 0 bridgehead atoms. The van der Waals surface area contributed by atoms with Crippen molar-refractivity contribution in [2.24, 2.45) is 0 Å². The van der Waals surface area contributed by atoms with Gasteiger partial charge in [0.05, 0.1) is 40.3 Å². The van der Waals surface area contributed by atoms with Crippen molar-refractivity contribution in [3.05, 3.63) is 158 Å². The van der Waals surface area contributed by atoms with E-state index in [1.54, 1.807) is 21.1 Å². The summed E-state index contributed by atoms with van der Waals surface area (Å²) >= 11 is 0. The number of nitrogens with zero attached hydrogens (tertiary/aromatic N) is 1. The van der Waals surface area contributed by atoms with Crippen LogP contribution in [0.5, 0.6) is 0 Å². The lowest BCUT2D eigenvalue weighted by molar-refractivity contribution is -0.889. The summed E-state index contributed by atoms with van der Waals surface area (Å²) in [5.41, 5.74) is 0. The SMILES string of the molecule is CC/C=C/C=C/C=C/C=C/C=C/C=C/C=C/CCCCCC(=O)OC(COCCC(C(=O)[O-])[N+](C)(C)C)COC(=O)CCCCC/C=C/C=C/C=C/C=C/C=C/C=C/CC. The highest BCUT2D eigenvalue weighted by Crippen LogP contribution is 2.11. The van der Waals surface area contributed by atoms with Gasteiger partial charge in [-0.3, -0.25) is 9.59 Å². The molecule has 0 spiro atoms. The monoisotopic (exact) mass is 826 g/mol. The van der Waals surface area contributed by atoms with E-state index in [1.807, 2.05) is 134 Å². The van der Waals surface area contributed by atoms with E-state index in [9.17, 15) is 19.5 Å². The van der Waals surface area contributed by atoms with Crippen LogP contribution in [0.4, 0.5) is 0 Å². The second-order valence-electron chi connectivity index (χ2n) is 14.8. The number of rotatable bonds is 35. The van der Waals surface area contributed by atoms with Crippen LogP contribution in [0.25, 0.3) is 0 Å². The molecule has 0 saturated heterocycles. The Hall–Kier alpha value is -5.05. The first-order chi connectivity index (χ1) is 29.1. The molecule has 0 saturated carbocycles. The lowest BCUT2D eigenvalue weighted by Gasteiger charge is -2.34. The van der Waals surface area contributed by atoms with Crippen molar-refractivity contribution in [2.45, 2.75) is 109 Å². The molecule has 330 valence electrons. The topological polar surface area (TPSA) is 102 Å². The number of hydrogen-bond donors (Lipinski definition) is 0. The molecular weight excluding hydrogens is 751 g/mol. The summed E-state index contributed by atoms with van der Waals surface area (Å²) < 4.78 is 17.1. The zero-order valence-electron chi connectivity index (χ0n) is 37.3. The summed E-state index contributed by atoms with van der Waals surface area (Å²) in [7, 11) is 5.35. The van der Waals surface area contributed by atoms with Crippen LogP contribution in [-0.2, 0) is 28.6 Å². The number of quaternary nitrogens is 1. The molecule has 0 rings (SSSR count). The van der Waals surface area contributed by atoms with E-state index in [1.165, 1.54) is 0 Å². The number of carbonyl (C=O) groups excluding carboxylic acids is 3. The van der Waals surface area contributed by atoms with Crippen LogP contribution in [0.1, 0.15) is 97.3 Å². The van der Waals surface area contributed by atoms with E-state index in [0.29, 0.717) is 12.8 Å². The van der Waals surface area contributed by atoms with Crippen molar-refractivity contribution < 1.29 is 38.2 Å². The second-order valence-corrected chi connectivity index (χ2v) is 14.8. The predicted molar refractivity (Wildman–Crippen MR) is 249 cm³/mol. The molecular formula is C52H75NO7. The van der Waals surface area contributed by atoms with Gasteiger partial charge in [0.1, 0.15) is 12.6 Å². The van der Waals surface area contributed by atoms with Gasteiger partial charge in [-0.05, 0) is 51.4 Å². The molecule has 60 heavy (non-hydrogen) atoms. The predicted octanol–water partition coefficient (Wildman–Crippen LogP) is 10.6. The quantitative estimate of drug-likeness (QED) is 0.0271. The van der Waals surface area contributed by atoms with Crippen molar-refractivity contribution >= 4 is 17.9 Å². The summed E-state index contributed by atoms with van der Waals surface area (Å²) in [6.07, 6.45) is 61.2. The molecule has 0 radical (unpaired) electrons. The Bertz CT molecular complexity index is 1520. The Morgan fingerprint density at radius 3 is 1.27 bits per heavy atom. The van der Waals surface area contributed by atoms with Gasteiger partial charge in [0, 0.05) is 19.3 Å². The molecule has 0 aromatic heterocycles. The van der Waals surface area contributed by atoms with Crippen molar-refractivity contribution in [1.82, 2.24) is 0 Å². The first-order valence-corrected chi connectivity index (χ1v) is 21.7. The normalized spacial score (nSPS) is 14.5. The molecule has 0 aliphatic heterocycles. The summed E-state index contributed by atoms with van der Waals surface area (Å²) in [6, 6.07) is -0.754. The maximum Gasteiger partial charge on any atom is 0.306 e. The van der Waals surface area contributed by atoms with Crippen LogP contribution in [0, 0.1) is 0 Å². The van der Waals surface area contributed by atoms with Crippen LogP contribution in [0.2, 0.25) is 0 Å². The van der Waals surface area contributed by atoms with Crippen LogP contribution < -0.4 is 5.11 Å². The first kappa shape index (κ1) is 55.0. The number of carboxylic acid groups (broad SMARTS) is 1. The highest BCUT2D eigenvalue weighted by Gasteiger charge is 2.25. The second kappa shape index (κ2) is 40.7. The van der Waals surface area contributed by atoms with E-state index in [4.69, 9.17) is 14.2 Å². The fourth-order valence-corrected chi connectivity index (χ4v) is 5.20. The zero-order valence-corrected chi connectivity index (χ0v) is 37.3. The highest BCUT2D eigenvalue weighted by molar-refractivity contribution is 5.70. The molecule has 0 heterocycles. The minimum Gasteiger partial charge on any atom is -0.544 e. The molecule has 8 nitrogen and oxygen atoms in total. The Labute approximate surface area is 363 Å². The summed E-state index contributed by atoms with van der Waals surface area (Å²) in [5, 5.41) is 11.6. The number of allylic oxidation sites excluding steroid dienone is 26. The highest BCUT2D eigenvalue weighted by atomic mass is 16.6. The average molecular weight is 826 g/mol. The minimum absolute atomic E-state index is 0.00682. The molecule has 0 aliphatic carbocycles. The molecule has 2 atom stereocenters. The zero-order chi connectivity index (χ0) is 44.2. The Kier molecular flexibility index (Phi) is 37.3. The number of aliphatic carboxylic acids is 1. The number of carboxylic acids is 1. The van der Waals surface area contributed by atoms with Gasteiger partial charge >= 0.3 is 11.9 Å². The van der Waals surface area contributed by atoms with Crippen molar-refractivity contribution in [2.75, 3.05) is 41.0 Å². The third-order valence-corrected chi connectivity index (χ3v) is 8.52. The van der Waals surface area contributed by atoms with Crippen LogP contribution >= 0.6 is 0 Å². The summed E-state index contributed by atoms with van der Waals surface area (Å²) in [4.78, 5) is 36.9. The lowest BCUT2D eigenvalue weighted by Crippen LogP contribution is -2.55. The minimum atomic E-state index is -1.15. The van der Waals surface area contributed by atoms with Gasteiger partial charge in [-0.15, -0.1) is 0 Å². The summed E-state index contributed by atoms with van der Waals surface area (Å²) in [5.74, 6) is -1.88. The number of unbranched alkanes of at least 4 members (excludes halogenated alkanes) is 6. The average Bonchev–Trinajstić information content (AvgIpc) is 3.21. The molecule has 0 aliphatic rings. The first-order valence-electron chi connectivity index (χ1n) is 21.7. The molecule has 2 unspecified atom stereocenters. The van der Waals surface area contributed by atoms with E-state index in [0.717, 1.165) is 51.4 Å². The van der Waals surface area contributed by atoms with Crippen molar-refractivity contribution in [3.8, 4) is 0 Å². The third kappa shape index (κ3) is 38.5. The number of carbonyl (C=O) groups is 3. The maximum atomic E-state index is 12.7. The van der Waals surface area contributed by atoms with Crippen molar-refractivity contribution in [3.63, 3.8) is 0 Å². The summed E-state index contributed by atoms with van der Waals surface area (Å²) in [6.45, 7) is 4.22.